The molecule has 9 heteroatoms. The Morgan fingerprint density at radius 2 is 1.69 bits per heavy atom. The third-order valence-electron chi connectivity index (χ3n) is 6.70. The maximum Gasteiger partial charge on any atom is 0.328 e. The molecule has 1 amide bonds. The predicted molar refractivity (Wildman–Crippen MR) is 146 cm³/mol. The van der Waals surface area contributed by atoms with Gasteiger partial charge in [-0.15, -0.1) is 23.1 Å². The molecule has 1 unspecified atom stereocenters. The number of hydrazine groups is 1. The lowest BCUT2D eigenvalue weighted by Gasteiger charge is -2.45. The van der Waals surface area contributed by atoms with Gasteiger partial charge in [-0.3, -0.25) is 9.80 Å². The second kappa shape index (κ2) is 11.8. The second-order valence-corrected chi connectivity index (χ2v) is 12.9. The average molecular weight is 533 g/mol. The first-order valence-corrected chi connectivity index (χ1v) is 14.1. The van der Waals surface area contributed by atoms with Crippen molar-refractivity contribution in [3.63, 3.8) is 0 Å². The minimum atomic E-state index is -1.26. The molecule has 2 N–H and O–H groups in total. The number of carboxylic acid groups (broad SMARTS) is 2. The molecule has 3 heterocycles. The number of carboxylic acids is 2. The summed E-state index contributed by atoms with van der Waals surface area (Å²) in [5.74, 6) is -1.62. The first-order valence-electron chi connectivity index (χ1n) is 12.4. The molecular formula is C27H36N2O5S2. The molecule has 0 radical (unpaired) electrons. The van der Waals surface area contributed by atoms with Crippen molar-refractivity contribution in [3.05, 3.63) is 47.4 Å². The molecule has 1 aromatic carbocycles. The Bertz CT molecular complexity index is 1100. The summed E-state index contributed by atoms with van der Waals surface area (Å²) in [5.41, 5.74) is 1.51. The molecule has 2 aliphatic heterocycles. The summed E-state index contributed by atoms with van der Waals surface area (Å²) in [7, 11) is 0. The maximum absolute atomic E-state index is 13.3. The third kappa shape index (κ3) is 6.49. The van der Waals surface area contributed by atoms with Gasteiger partial charge in [-0.25, -0.2) is 14.6 Å². The number of fused-ring (bicyclic) bond motifs is 1. The molecule has 2 aliphatic rings. The van der Waals surface area contributed by atoms with Crippen LogP contribution in [0, 0.1) is 0 Å². The normalized spacial score (nSPS) is 22.7. The Balaban J connectivity index is 0.000000392. The van der Waals surface area contributed by atoms with Gasteiger partial charge in [0.05, 0.1) is 4.75 Å². The lowest BCUT2D eigenvalue weighted by Crippen LogP contribution is -2.56. The van der Waals surface area contributed by atoms with E-state index in [-0.39, 0.29) is 15.5 Å². The topological polar surface area (TPSA) is 98.2 Å². The first kappa shape index (κ1) is 28.2. The maximum atomic E-state index is 13.3. The number of amides is 1. The molecular weight excluding hydrogens is 496 g/mol. The fraction of sp³-hybridized carbons (Fsp3) is 0.519. The van der Waals surface area contributed by atoms with E-state index >= 15 is 0 Å². The summed E-state index contributed by atoms with van der Waals surface area (Å²) in [4.78, 5) is 32.2. The van der Waals surface area contributed by atoms with Crippen LogP contribution in [0.1, 0.15) is 71.3 Å². The molecule has 7 nitrogen and oxygen atoms in total. The lowest BCUT2D eigenvalue weighted by molar-refractivity contribution is -0.159. The van der Waals surface area contributed by atoms with Gasteiger partial charge in [-0.2, -0.15) is 0 Å². The van der Waals surface area contributed by atoms with Crippen molar-refractivity contribution in [1.82, 2.24) is 10.0 Å². The molecule has 4 rings (SSSR count). The van der Waals surface area contributed by atoms with Crippen LogP contribution in [-0.2, 0) is 14.4 Å². The zero-order valence-corrected chi connectivity index (χ0v) is 23.0. The summed E-state index contributed by atoms with van der Waals surface area (Å²) in [6, 6.07) is 8.76. The molecule has 2 saturated heterocycles. The predicted octanol–water partition coefficient (Wildman–Crippen LogP) is 5.97. The van der Waals surface area contributed by atoms with Crippen molar-refractivity contribution >= 4 is 51.0 Å². The molecule has 2 aromatic rings. The number of hydrogen-bond acceptors (Lipinski definition) is 6. The van der Waals surface area contributed by atoms with Crippen molar-refractivity contribution in [2.24, 2.45) is 0 Å². The van der Waals surface area contributed by atoms with Gasteiger partial charge in [-0.05, 0) is 68.3 Å². The van der Waals surface area contributed by atoms with Gasteiger partial charge < -0.3 is 10.2 Å². The van der Waals surface area contributed by atoms with Crippen molar-refractivity contribution in [1.29, 1.82) is 0 Å². The smallest absolute Gasteiger partial charge is 0.328 e. The van der Waals surface area contributed by atoms with Crippen molar-refractivity contribution in [3.8, 4) is 0 Å². The summed E-state index contributed by atoms with van der Waals surface area (Å²) in [6.45, 7) is 10.6. The zero-order valence-electron chi connectivity index (χ0n) is 21.4. The van der Waals surface area contributed by atoms with E-state index in [0.29, 0.717) is 18.1 Å². The Hall–Kier alpha value is -2.36. The summed E-state index contributed by atoms with van der Waals surface area (Å²) < 4.78 is 1.06. The molecule has 0 spiro atoms. The number of thiophene rings is 1. The minimum Gasteiger partial charge on any atom is -0.478 e. The molecule has 36 heavy (non-hydrogen) atoms. The van der Waals surface area contributed by atoms with Gasteiger partial charge in [0.25, 0.3) is 5.91 Å². The van der Waals surface area contributed by atoms with Gasteiger partial charge in [0.15, 0.2) is 0 Å². The van der Waals surface area contributed by atoms with Crippen LogP contribution in [0.2, 0.25) is 0 Å². The number of hydrogen-bond donors (Lipinski definition) is 2. The van der Waals surface area contributed by atoms with E-state index in [9.17, 15) is 14.4 Å². The van der Waals surface area contributed by atoms with E-state index in [1.807, 2.05) is 23.1 Å². The summed E-state index contributed by atoms with van der Waals surface area (Å²) >= 11 is 3.72. The van der Waals surface area contributed by atoms with Crippen LogP contribution in [0.3, 0.4) is 0 Å². The number of thioether (sulfide) groups is 1. The van der Waals surface area contributed by atoms with Gasteiger partial charge in [0.2, 0.25) is 0 Å². The molecule has 1 aromatic heterocycles. The Kier molecular flexibility index (Phi) is 9.24. The monoisotopic (exact) mass is 532 g/mol. The number of aliphatic carboxylic acids is 2. The summed E-state index contributed by atoms with van der Waals surface area (Å²) in [5, 5.41) is 23.9. The molecule has 2 fully saturated rings. The highest BCUT2D eigenvalue weighted by Crippen LogP contribution is 2.51. The number of rotatable bonds is 7. The molecule has 196 valence electrons. The van der Waals surface area contributed by atoms with Crippen LogP contribution in [0.25, 0.3) is 10.1 Å². The van der Waals surface area contributed by atoms with Crippen LogP contribution in [-0.4, -0.2) is 60.8 Å². The summed E-state index contributed by atoms with van der Waals surface area (Å²) in [6.07, 6.45) is 6.77. The van der Waals surface area contributed by atoms with E-state index < -0.39 is 11.9 Å². The van der Waals surface area contributed by atoms with Gasteiger partial charge in [0, 0.05) is 29.9 Å². The highest BCUT2D eigenvalue weighted by Gasteiger charge is 2.55. The fourth-order valence-electron chi connectivity index (χ4n) is 5.03. The van der Waals surface area contributed by atoms with Crippen LogP contribution in [0.5, 0.6) is 0 Å². The number of carbonyl (C=O) groups excluding carboxylic acids is 1. The van der Waals surface area contributed by atoms with Crippen LogP contribution in [0.15, 0.2) is 41.8 Å². The second-order valence-electron chi connectivity index (χ2n) is 9.93. The van der Waals surface area contributed by atoms with E-state index in [1.165, 1.54) is 28.5 Å². The number of nitrogens with zero attached hydrogens (tertiary/aromatic N) is 2. The van der Waals surface area contributed by atoms with E-state index in [2.05, 4.69) is 67.4 Å². The molecule has 0 aliphatic carbocycles. The Labute approximate surface area is 221 Å². The first-order chi connectivity index (χ1) is 17.0. The average Bonchev–Trinajstić information content (AvgIpc) is 3.33. The number of benzene rings is 1. The third-order valence-corrected chi connectivity index (χ3v) is 9.18. The fourth-order valence-corrected chi connectivity index (χ4v) is 7.88. The molecule has 1 atom stereocenters. The van der Waals surface area contributed by atoms with Gasteiger partial charge >= 0.3 is 11.9 Å². The van der Waals surface area contributed by atoms with Gasteiger partial charge in [-0.1, -0.05) is 38.0 Å². The van der Waals surface area contributed by atoms with Gasteiger partial charge in [0.1, 0.15) is 4.87 Å². The molecule has 0 saturated carbocycles. The largest absolute Gasteiger partial charge is 0.478 e. The van der Waals surface area contributed by atoms with E-state index in [4.69, 9.17) is 10.2 Å². The number of carbonyl (C=O) groups is 3. The SMILES string of the molecule is CCCCC1(C)SC(C)(C)C(=O)N1N1CCC(c2csc3ccccc23)CC1.O=C(O)/C=C\C(=O)O. The van der Waals surface area contributed by atoms with E-state index in [1.54, 1.807) is 0 Å². The van der Waals surface area contributed by atoms with Crippen LogP contribution >= 0.6 is 23.1 Å². The van der Waals surface area contributed by atoms with Crippen molar-refractivity contribution in [2.45, 2.75) is 75.3 Å². The van der Waals surface area contributed by atoms with E-state index in [0.717, 1.165) is 32.4 Å². The van der Waals surface area contributed by atoms with Crippen molar-refractivity contribution in [2.75, 3.05) is 13.1 Å². The number of piperidine rings is 1. The Morgan fingerprint density at radius 3 is 2.28 bits per heavy atom. The van der Waals surface area contributed by atoms with Crippen molar-refractivity contribution < 1.29 is 24.6 Å². The minimum absolute atomic E-state index is 0.113. The highest BCUT2D eigenvalue weighted by molar-refractivity contribution is 8.03. The number of unbranched alkanes of at least 4 members (excludes halogenated alkanes) is 1. The zero-order chi connectivity index (χ0) is 26.5. The van der Waals surface area contributed by atoms with Crippen LogP contribution in [0.4, 0.5) is 0 Å². The van der Waals surface area contributed by atoms with Crippen LogP contribution < -0.4 is 0 Å². The standard InChI is InChI=1S/C23H32N2OS2.C4H4O4/c1-5-6-13-23(4)25(21(26)22(2,3)28-23)24-14-11-17(12-15-24)19-16-27-20-10-8-7-9-18(19)20;5-3(6)1-2-4(7)8/h7-10,16-17H,5-6,11-15H2,1-4H3;1-2H,(H,5,6)(H,7,8)/b;2-1-. The Morgan fingerprint density at radius 1 is 1.08 bits per heavy atom. The quantitative estimate of drug-likeness (QED) is 0.424. The molecule has 0 bridgehead atoms. The lowest BCUT2D eigenvalue weighted by atomic mass is 9.89. The highest BCUT2D eigenvalue weighted by atomic mass is 32.2.